The molecule has 0 fully saturated rings. The molecule has 0 atom stereocenters. The van der Waals surface area contributed by atoms with Crippen molar-refractivity contribution in [2.75, 3.05) is 0 Å². The first-order chi connectivity index (χ1) is 13.1. The van der Waals surface area contributed by atoms with Gasteiger partial charge in [-0.25, -0.2) is 14.2 Å². The van der Waals surface area contributed by atoms with Crippen molar-refractivity contribution in [3.63, 3.8) is 0 Å². The number of carbonyl (C=O) groups is 1. The molecule has 0 spiro atoms. The molecule has 0 amide bonds. The lowest BCUT2D eigenvalue weighted by atomic mass is 10.1. The molecular formula is C20H11FN4O2. The predicted molar refractivity (Wildman–Crippen MR) is 95.5 cm³/mol. The van der Waals surface area contributed by atoms with Crippen LogP contribution in [-0.4, -0.2) is 25.4 Å². The Labute approximate surface area is 152 Å². The second-order valence-electron chi connectivity index (χ2n) is 5.83. The predicted octanol–water partition coefficient (Wildman–Crippen LogP) is 3.77. The Kier molecular flexibility index (Phi) is 3.86. The molecule has 7 heteroatoms. The average Bonchev–Trinajstić information content (AvgIpc) is 3.11. The van der Waals surface area contributed by atoms with Crippen molar-refractivity contribution in [2.24, 2.45) is 0 Å². The van der Waals surface area contributed by atoms with Crippen LogP contribution in [0, 0.1) is 17.1 Å². The Morgan fingerprint density at radius 1 is 1.07 bits per heavy atom. The number of fused-ring (bicyclic) bond motifs is 1. The zero-order valence-electron chi connectivity index (χ0n) is 13.8. The van der Waals surface area contributed by atoms with Crippen molar-refractivity contribution in [3.05, 3.63) is 78.0 Å². The number of carboxylic acid groups (broad SMARTS) is 1. The van der Waals surface area contributed by atoms with E-state index in [0.717, 1.165) is 17.3 Å². The molecule has 0 bridgehead atoms. The quantitative estimate of drug-likeness (QED) is 0.602. The molecule has 2 aromatic carbocycles. The first-order valence-corrected chi connectivity index (χ1v) is 7.93. The van der Waals surface area contributed by atoms with Crippen LogP contribution in [-0.2, 0) is 0 Å². The molecule has 0 saturated heterocycles. The number of imidazole rings is 1. The molecule has 0 radical (unpaired) electrons. The maximum atomic E-state index is 14.0. The highest BCUT2D eigenvalue weighted by Gasteiger charge is 2.13. The number of aromatic carboxylic acids is 1. The minimum Gasteiger partial charge on any atom is -0.478 e. The molecule has 0 saturated carbocycles. The lowest BCUT2D eigenvalue weighted by molar-refractivity contribution is 0.0692. The summed E-state index contributed by atoms with van der Waals surface area (Å²) < 4.78 is 15.8. The minimum absolute atomic E-state index is 0.388. The molecule has 1 N–H and O–H groups in total. The number of aromatic nitrogens is 3. The lowest BCUT2D eigenvalue weighted by Gasteiger charge is -2.06. The smallest absolute Gasteiger partial charge is 0.338 e. The third kappa shape index (κ3) is 2.89. The largest absolute Gasteiger partial charge is 0.478 e. The monoisotopic (exact) mass is 358 g/mol. The highest BCUT2D eigenvalue weighted by Crippen LogP contribution is 2.25. The van der Waals surface area contributed by atoms with Crippen LogP contribution >= 0.6 is 0 Å². The average molecular weight is 358 g/mol. The summed E-state index contributed by atoms with van der Waals surface area (Å²) in [6.45, 7) is 0. The van der Waals surface area contributed by atoms with E-state index in [9.17, 15) is 9.18 Å². The van der Waals surface area contributed by atoms with Crippen molar-refractivity contribution in [1.82, 2.24) is 14.4 Å². The van der Waals surface area contributed by atoms with Crippen LogP contribution in [0.2, 0.25) is 0 Å². The molecule has 0 aliphatic rings. The number of rotatable bonds is 3. The molecule has 0 unspecified atom stereocenters. The van der Waals surface area contributed by atoms with Gasteiger partial charge in [0.15, 0.2) is 5.65 Å². The Hall–Kier alpha value is -4.05. The van der Waals surface area contributed by atoms with E-state index in [-0.39, 0.29) is 5.56 Å². The second-order valence-corrected chi connectivity index (χ2v) is 5.83. The fourth-order valence-corrected chi connectivity index (χ4v) is 2.82. The van der Waals surface area contributed by atoms with Gasteiger partial charge in [-0.2, -0.15) is 5.26 Å². The van der Waals surface area contributed by atoms with E-state index in [1.54, 1.807) is 30.7 Å². The van der Waals surface area contributed by atoms with Crippen LogP contribution in [0.4, 0.5) is 4.39 Å². The maximum absolute atomic E-state index is 14.0. The topological polar surface area (TPSA) is 91.3 Å². The number of carboxylic acids is 1. The molecule has 2 heterocycles. The second kappa shape index (κ2) is 6.35. The Morgan fingerprint density at radius 3 is 2.48 bits per heavy atom. The van der Waals surface area contributed by atoms with Crippen molar-refractivity contribution in [2.45, 2.75) is 0 Å². The highest BCUT2D eigenvalue weighted by molar-refractivity contribution is 5.88. The summed E-state index contributed by atoms with van der Waals surface area (Å²) >= 11 is 0. The molecule has 0 aliphatic heterocycles. The molecule has 27 heavy (non-hydrogen) atoms. The van der Waals surface area contributed by atoms with Crippen LogP contribution in [0.5, 0.6) is 0 Å². The van der Waals surface area contributed by atoms with Crippen molar-refractivity contribution in [3.8, 4) is 28.6 Å². The number of nitrogens with zero attached hydrogens (tertiary/aromatic N) is 4. The highest BCUT2D eigenvalue weighted by atomic mass is 19.1. The van der Waals surface area contributed by atoms with E-state index >= 15 is 0 Å². The Balaban J connectivity index is 1.81. The molecule has 6 nitrogen and oxygen atoms in total. The number of halogens is 1. The summed E-state index contributed by atoms with van der Waals surface area (Å²) in [4.78, 5) is 19.6. The van der Waals surface area contributed by atoms with E-state index in [0.29, 0.717) is 22.5 Å². The van der Waals surface area contributed by atoms with Crippen LogP contribution in [0.25, 0.3) is 28.2 Å². The summed E-state index contributed by atoms with van der Waals surface area (Å²) in [5.41, 5.74) is 3.38. The SMILES string of the molecule is N#Cc1ccc(-c2cnc3cnc(-c4ccc(C(=O)O)c(F)c4)cn23)cc1. The number of hydrogen-bond acceptors (Lipinski definition) is 4. The van der Waals surface area contributed by atoms with Gasteiger partial charge in [0, 0.05) is 17.3 Å². The standard InChI is InChI=1S/C20H11FN4O2/c21-16-7-14(5-6-15(16)20(26)27)17-11-25-18(9-24-19(25)10-23-17)13-3-1-12(8-22)2-4-13/h1-7,9-11H,(H,26,27). The fraction of sp³-hybridized carbons (Fsp3) is 0. The van der Waals surface area contributed by atoms with Crippen molar-refractivity contribution >= 4 is 11.6 Å². The summed E-state index contributed by atoms with van der Waals surface area (Å²) in [5.74, 6) is -2.14. The van der Waals surface area contributed by atoms with Gasteiger partial charge in [-0.15, -0.1) is 0 Å². The summed E-state index contributed by atoms with van der Waals surface area (Å²) in [6.07, 6.45) is 4.97. The molecule has 2 aromatic heterocycles. The number of hydrogen-bond donors (Lipinski definition) is 1. The van der Waals surface area contributed by atoms with Crippen molar-refractivity contribution in [1.29, 1.82) is 5.26 Å². The Morgan fingerprint density at radius 2 is 1.81 bits per heavy atom. The zero-order valence-corrected chi connectivity index (χ0v) is 13.8. The summed E-state index contributed by atoms with van der Waals surface area (Å²) in [6, 6.07) is 13.0. The summed E-state index contributed by atoms with van der Waals surface area (Å²) in [5, 5.41) is 17.9. The van der Waals surface area contributed by atoms with E-state index in [2.05, 4.69) is 16.0 Å². The molecular weight excluding hydrogens is 347 g/mol. The van der Waals surface area contributed by atoms with Gasteiger partial charge in [0.05, 0.1) is 41.0 Å². The van der Waals surface area contributed by atoms with Gasteiger partial charge in [0.25, 0.3) is 0 Å². The molecule has 4 rings (SSSR count). The normalized spacial score (nSPS) is 10.7. The van der Waals surface area contributed by atoms with Gasteiger partial charge >= 0.3 is 5.97 Å². The van der Waals surface area contributed by atoms with Gasteiger partial charge in [0.2, 0.25) is 0 Å². The third-order valence-corrected chi connectivity index (χ3v) is 4.20. The first-order valence-electron chi connectivity index (χ1n) is 7.93. The first kappa shape index (κ1) is 16.4. The van der Waals surface area contributed by atoms with E-state index in [1.807, 2.05) is 16.5 Å². The van der Waals surface area contributed by atoms with E-state index in [1.165, 1.54) is 12.1 Å². The van der Waals surface area contributed by atoms with Gasteiger partial charge < -0.3 is 5.11 Å². The van der Waals surface area contributed by atoms with E-state index in [4.69, 9.17) is 10.4 Å². The third-order valence-electron chi connectivity index (χ3n) is 4.20. The maximum Gasteiger partial charge on any atom is 0.338 e. The number of nitriles is 1. The molecule has 0 aliphatic carbocycles. The number of benzene rings is 2. The van der Waals surface area contributed by atoms with Crippen LogP contribution in [0.3, 0.4) is 0 Å². The van der Waals surface area contributed by atoms with E-state index < -0.39 is 11.8 Å². The zero-order chi connectivity index (χ0) is 19.0. The summed E-state index contributed by atoms with van der Waals surface area (Å²) in [7, 11) is 0. The van der Waals surface area contributed by atoms with Gasteiger partial charge in [-0.05, 0) is 24.3 Å². The van der Waals surface area contributed by atoms with Gasteiger partial charge in [0.1, 0.15) is 5.82 Å². The minimum atomic E-state index is -1.32. The Bertz CT molecular complexity index is 1220. The molecule has 130 valence electrons. The fourth-order valence-electron chi connectivity index (χ4n) is 2.82. The van der Waals surface area contributed by atoms with Crippen LogP contribution in [0.15, 0.2) is 61.1 Å². The van der Waals surface area contributed by atoms with Gasteiger partial charge in [-0.1, -0.05) is 18.2 Å². The van der Waals surface area contributed by atoms with Crippen molar-refractivity contribution < 1.29 is 14.3 Å². The van der Waals surface area contributed by atoms with Crippen LogP contribution < -0.4 is 0 Å². The van der Waals surface area contributed by atoms with Gasteiger partial charge in [-0.3, -0.25) is 9.38 Å². The molecule has 4 aromatic rings. The van der Waals surface area contributed by atoms with Crippen LogP contribution in [0.1, 0.15) is 15.9 Å². The lowest BCUT2D eigenvalue weighted by Crippen LogP contribution is -2.01.